The van der Waals surface area contributed by atoms with Crippen LogP contribution in [0, 0.1) is 17.8 Å². The lowest BCUT2D eigenvalue weighted by Gasteiger charge is -2.39. The van der Waals surface area contributed by atoms with E-state index in [1.807, 2.05) is 45.3 Å². The van der Waals surface area contributed by atoms with E-state index in [9.17, 15) is 9.59 Å². The van der Waals surface area contributed by atoms with Gasteiger partial charge in [-0.15, -0.1) is 0 Å². The summed E-state index contributed by atoms with van der Waals surface area (Å²) >= 11 is 6.59. The van der Waals surface area contributed by atoms with E-state index in [2.05, 4.69) is 21.2 Å². The highest BCUT2D eigenvalue weighted by Gasteiger charge is 2.50. The first-order chi connectivity index (χ1) is 16.0. The zero-order valence-corrected chi connectivity index (χ0v) is 20.6. The molecule has 1 N–H and O–H groups in total. The molecule has 3 fully saturated rings. The van der Waals surface area contributed by atoms with Crippen molar-refractivity contribution >= 4 is 34.8 Å². The minimum absolute atomic E-state index is 0.00565. The Hall–Kier alpha value is -2.09. The predicted octanol–water partition coefficient (Wildman–Crippen LogP) is 3.45. The Labute approximate surface area is 201 Å². The van der Waals surface area contributed by atoms with E-state index >= 15 is 0 Å². The van der Waals surface area contributed by atoms with Crippen molar-refractivity contribution in [2.75, 3.05) is 56.7 Å². The Balaban J connectivity index is 0.00000126. The summed E-state index contributed by atoms with van der Waals surface area (Å²) in [5.41, 5.74) is 1.72. The molecule has 3 aliphatic heterocycles. The molecule has 7 nitrogen and oxygen atoms in total. The Bertz CT molecular complexity index is 894. The van der Waals surface area contributed by atoms with Crippen molar-refractivity contribution in [2.24, 2.45) is 17.8 Å². The van der Waals surface area contributed by atoms with Gasteiger partial charge < -0.3 is 19.9 Å². The second-order valence-corrected chi connectivity index (χ2v) is 9.43. The van der Waals surface area contributed by atoms with Gasteiger partial charge in [0.2, 0.25) is 11.8 Å². The number of nitrogens with zero attached hydrogens (tertiary/aromatic N) is 3. The van der Waals surface area contributed by atoms with Gasteiger partial charge in [-0.2, -0.15) is 0 Å². The molecule has 3 heterocycles. The highest BCUT2D eigenvalue weighted by Crippen LogP contribution is 2.46. The van der Waals surface area contributed by atoms with Gasteiger partial charge in [-0.3, -0.25) is 14.5 Å². The molecule has 4 unspecified atom stereocenters. The van der Waals surface area contributed by atoms with Crippen molar-refractivity contribution in [3.63, 3.8) is 0 Å². The first-order valence-corrected chi connectivity index (χ1v) is 12.5. The molecule has 4 atom stereocenters. The van der Waals surface area contributed by atoms with Crippen LogP contribution >= 0.6 is 11.6 Å². The van der Waals surface area contributed by atoms with Crippen LogP contribution < -0.4 is 10.2 Å². The third-order valence-electron chi connectivity index (χ3n) is 7.04. The maximum Gasteiger partial charge on any atom is 0.229 e. The molecule has 2 amide bonds. The van der Waals surface area contributed by atoms with Crippen LogP contribution in [0.2, 0.25) is 5.02 Å². The van der Waals surface area contributed by atoms with Crippen molar-refractivity contribution < 1.29 is 14.3 Å². The van der Waals surface area contributed by atoms with Gasteiger partial charge in [0, 0.05) is 63.7 Å². The summed E-state index contributed by atoms with van der Waals surface area (Å²) in [6, 6.07) is 6.09. The molecule has 0 aromatic heterocycles. The highest BCUT2D eigenvalue weighted by molar-refractivity contribution is 6.33. The van der Waals surface area contributed by atoms with Crippen LogP contribution in [0.15, 0.2) is 30.5 Å². The third-order valence-corrected chi connectivity index (χ3v) is 7.35. The van der Waals surface area contributed by atoms with Crippen LogP contribution in [0.5, 0.6) is 0 Å². The summed E-state index contributed by atoms with van der Waals surface area (Å²) in [6.07, 6.45) is 5.91. The number of fused-ring (bicyclic) bond motifs is 1. The van der Waals surface area contributed by atoms with Crippen LogP contribution in [0.25, 0.3) is 0 Å². The Kier molecular flexibility index (Phi) is 7.62. The summed E-state index contributed by atoms with van der Waals surface area (Å²) in [7, 11) is 1.85. The Morgan fingerprint density at radius 2 is 1.94 bits per heavy atom. The lowest BCUT2D eigenvalue weighted by atomic mass is 10.1. The number of rotatable bonds is 4. The summed E-state index contributed by atoms with van der Waals surface area (Å²) < 4.78 is 5.30. The van der Waals surface area contributed by atoms with Gasteiger partial charge in [0.1, 0.15) is 0 Å². The number of halogens is 1. The van der Waals surface area contributed by atoms with Crippen molar-refractivity contribution in [2.45, 2.75) is 32.7 Å². The fourth-order valence-electron chi connectivity index (χ4n) is 5.05. The molecule has 0 radical (unpaired) electrons. The van der Waals surface area contributed by atoms with E-state index in [0.29, 0.717) is 30.2 Å². The third kappa shape index (κ3) is 5.20. The number of carbonyl (C=O) groups is 2. The summed E-state index contributed by atoms with van der Waals surface area (Å²) in [4.78, 5) is 31.1. The van der Waals surface area contributed by atoms with Crippen molar-refractivity contribution in [1.29, 1.82) is 0 Å². The average Bonchev–Trinajstić information content (AvgIpc) is 3.44. The number of carbonyl (C=O) groups excluding carboxylic acids is 2. The van der Waals surface area contributed by atoms with Crippen LogP contribution in [0.3, 0.4) is 0 Å². The molecule has 1 aromatic rings. The molecular weight excluding hydrogens is 440 g/mol. The van der Waals surface area contributed by atoms with Gasteiger partial charge in [0.25, 0.3) is 0 Å². The summed E-state index contributed by atoms with van der Waals surface area (Å²) in [5, 5.41) is 3.61. The summed E-state index contributed by atoms with van der Waals surface area (Å²) in [5.74, 6) is 0.814. The molecule has 2 saturated heterocycles. The first kappa shape index (κ1) is 24.0. The standard InChI is InChI=1S/C23H29ClN4O3.C2H6/c1-26-6-4-20(17-13-18(17)23(26)30)27-7-9-28(10-8-27)21-3-2-16(12-19(21)24)25-22(29)15-5-11-31-14-15;1-2/h2-4,6,12,15,17-18,20H,5,7-11,13-14H2,1H3,(H,25,29);1-2H3. The van der Waals surface area contributed by atoms with Gasteiger partial charge in [-0.1, -0.05) is 31.5 Å². The van der Waals surface area contributed by atoms with Crippen molar-refractivity contribution in [3.8, 4) is 0 Å². The van der Waals surface area contributed by atoms with Crippen molar-refractivity contribution in [3.05, 3.63) is 35.5 Å². The number of hydrogen-bond donors (Lipinski definition) is 1. The van der Waals surface area contributed by atoms with Crippen LogP contribution in [-0.2, 0) is 14.3 Å². The Morgan fingerprint density at radius 3 is 2.61 bits per heavy atom. The van der Waals surface area contributed by atoms with Gasteiger partial charge in [-0.25, -0.2) is 0 Å². The second-order valence-electron chi connectivity index (χ2n) is 9.03. The predicted molar refractivity (Wildman–Crippen MR) is 131 cm³/mol. The Morgan fingerprint density at radius 1 is 1.18 bits per heavy atom. The van der Waals surface area contributed by atoms with Crippen molar-refractivity contribution in [1.82, 2.24) is 9.80 Å². The minimum atomic E-state index is -0.0780. The average molecular weight is 475 g/mol. The molecule has 1 saturated carbocycles. The van der Waals surface area contributed by atoms with Gasteiger partial charge in [-0.05, 0) is 37.0 Å². The summed E-state index contributed by atoms with van der Waals surface area (Å²) in [6.45, 7) is 8.78. The molecule has 0 bridgehead atoms. The fourth-order valence-corrected chi connectivity index (χ4v) is 5.35. The lowest BCUT2D eigenvalue weighted by Crippen LogP contribution is -2.50. The number of benzene rings is 1. The van der Waals surface area contributed by atoms with Crippen LogP contribution in [0.4, 0.5) is 11.4 Å². The quantitative estimate of drug-likeness (QED) is 0.724. The maximum atomic E-state index is 12.3. The zero-order valence-electron chi connectivity index (χ0n) is 19.8. The number of nitrogens with one attached hydrogen (secondary N) is 1. The molecule has 33 heavy (non-hydrogen) atoms. The topological polar surface area (TPSA) is 65.1 Å². The van der Waals surface area contributed by atoms with E-state index in [-0.39, 0.29) is 23.7 Å². The van der Waals surface area contributed by atoms with Crippen LogP contribution in [0.1, 0.15) is 26.7 Å². The van der Waals surface area contributed by atoms with E-state index in [0.717, 1.165) is 50.4 Å². The minimum Gasteiger partial charge on any atom is -0.381 e. The molecule has 4 aliphatic rings. The molecule has 5 rings (SSSR count). The molecule has 8 heteroatoms. The number of anilines is 2. The normalized spacial score (nSPS) is 29.2. The molecule has 0 spiro atoms. The van der Waals surface area contributed by atoms with E-state index < -0.39 is 0 Å². The number of piperazine rings is 1. The number of hydrogen-bond acceptors (Lipinski definition) is 5. The SMILES string of the molecule is CC.CN1C=CC(N2CCN(c3ccc(NC(=O)C4CCOC4)cc3Cl)CC2)C2CC2C1=O. The monoisotopic (exact) mass is 474 g/mol. The number of amides is 2. The van der Waals surface area contributed by atoms with Crippen LogP contribution in [-0.4, -0.2) is 74.1 Å². The largest absolute Gasteiger partial charge is 0.381 e. The van der Waals surface area contributed by atoms with Gasteiger partial charge in [0.05, 0.1) is 23.2 Å². The lowest BCUT2D eigenvalue weighted by molar-refractivity contribution is -0.129. The first-order valence-electron chi connectivity index (χ1n) is 12.1. The molecular formula is C25H35ClN4O3. The zero-order chi connectivity index (χ0) is 23.5. The van der Waals surface area contributed by atoms with E-state index in [1.54, 1.807) is 4.90 Å². The number of ether oxygens (including phenoxy) is 1. The highest BCUT2D eigenvalue weighted by atomic mass is 35.5. The maximum absolute atomic E-state index is 12.3. The smallest absolute Gasteiger partial charge is 0.229 e. The molecule has 1 aliphatic carbocycles. The van der Waals surface area contributed by atoms with E-state index in [1.165, 1.54) is 0 Å². The molecule has 180 valence electrons. The van der Waals surface area contributed by atoms with E-state index in [4.69, 9.17) is 16.3 Å². The van der Waals surface area contributed by atoms with Gasteiger partial charge in [0.15, 0.2) is 0 Å². The molecule has 1 aromatic carbocycles. The second kappa shape index (κ2) is 10.5. The van der Waals surface area contributed by atoms with Gasteiger partial charge >= 0.3 is 0 Å². The fraction of sp³-hybridized carbons (Fsp3) is 0.600.